The van der Waals surface area contributed by atoms with Crippen molar-refractivity contribution in [1.29, 1.82) is 0 Å². The van der Waals surface area contributed by atoms with Gasteiger partial charge >= 0.3 is 0 Å². The van der Waals surface area contributed by atoms with Gasteiger partial charge in [-0.05, 0) is 12.1 Å². The van der Waals surface area contributed by atoms with Gasteiger partial charge in [0.2, 0.25) is 0 Å². The molecule has 0 fully saturated rings. The van der Waals surface area contributed by atoms with E-state index in [0.29, 0.717) is 0 Å². The van der Waals surface area contributed by atoms with Crippen LogP contribution >= 0.6 is 24.8 Å². The molecule has 0 aliphatic carbocycles. The lowest BCUT2D eigenvalue weighted by molar-refractivity contribution is 0.824. The molecule has 68 valence electrons. The molecule has 2 aromatic rings. The van der Waals surface area contributed by atoms with E-state index < -0.39 is 0 Å². The standard InChI is InChI=1S/C7H6N2.2ClH.H2O/c1-2-4-7-6(3-1)8-5-9-7;;;/h1-5H,(H,8,9);2*1H;1H2. The number of benzene rings is 1. The molecule has 1 heterocycles. The number of hydrogen-bond donors (Lipinski definition) is 1. The number of halogens is 2. The first-order valence-electron chi connectivity index (χ1n) is 2.85. The molecule has 0 unspecified atom stereocenters. The fraction of sp³-hybridized carbons (Fsp3) is 0. The van der Waals surface area contributed by atoms with E-state index in [2.05, 4.69) is 9.97 Å². The number of nitrogens with zero attached hydrogens (tertiary/aromatic N) is 1. The van der Waals surface area contributed by atoms with Gasteiger partial charge in [-0.25, -0.2) is 4.98 Å². The number of nitrogens with one attached hydrogen (secondary N) is 1. The van der Waals surface area contributed by atoms with Gasteiger partial charge in [0.1, 0.15) is 0 Å². The zero-order valence-electron chi connectivity index (χ0n) is 6.15. The van der Waals surface area contributed by atoms with E-state index in [4.69, 9.17) is 0 Å². The molecule has 3 nitrogen and oxygen atoms in total. The van der Waals surface area contributed by atoms with Crippen molar-refractivity contribution >= 4 is 35.8 Å². The molecule has 1 aromatic heterocycles. The van der Waals surface area contributed by atoms with Crippen molar-refractivity contribution in [1.82, 2.24) is 9.97 Å². The molecule has 0 radical (unpaired) electrons. The topological polar surface area (TPSA) is 60.2 Å². The van der Waals surface area contributed by atoms with E-state index in [1.54, 1.807) is 6.33 Å². The molecule has 0 atom stereocenters. The molecule has 0 aliphatic heterocycles. The Hall–Kier alpha value is -0.770. The largest absolute Gasteiger partial charge is 0.412 e. The highest BCUT2D eigenvalue weighted by molar-refractivity contribution is 5.85. The fourth-order valence-corrected chi connectivity index (χ4v) is 0.880. The van der Waals surface area contributed by atoms with Gasteiger partial charge in [0.15, 0.2) is 0 Å². The molecular formula is C7H10Cl2N2O. The highest BCUT2D eigenvalue weighted by atomic mass is 35.5. The Morgan fingerprint density at radius 2 is 1.75 bits per heavy atom. The van der Waals surface area contributed by atoms with Crippen molar-refractivity contribution < 1.29 is 5.48 Å². The van der Waals surface area contributed by atoms with Crippen LogP contribution in [-0.2, 0) is 0 Å². The lowest BCUT2D eigenvalue weighted by Gasteiger charge is -1.81. The molecule has 0 saturated heterocycles. The molecule has 0 bridgehead atoms. The van der Waals surface area contributed by atoms with Crippen LogP contribution < -0.4 is 0 Å². The summed E-state index contributed by atoms with van der Waals surface area (Å²) in [5.74, 6) is 0. The Balaban J connectivity index is 0. The van der Waals surface area contributed by atoms with Gasteiger partial charge in [-0.1, -0.05) is 12.1 Å². The third-order valence-electron chi connectivity index (χ3n) is 1.33. The maximum atomic E-state index is 4.06. The molecule has 0 saturated carbocycles. The second kappa shape index (κ2) is 5.83. The zero-order chi connectivity index (χ0) is 6.10. The van der Waals surface area contributed by atoms with Gasteiger partial charge < -0.3 is 10.5 Å². The minimum absolute atomic E-state index is 0. The van der Waals surface area contributed by atoms with Gasteiger partial charge in [-0.2, -0.15) is 0 Å². The van der Waals surface area contributed by atoms with Crippen molar-refractivity contribution in [2.75, 3.05) is 0 Å². The predicted octanol–water partition coefficient (Wildman–Crippen LogP) is 1.58. The number of para-hydroxylation sites is 2. The van der Waals surface area contributed by atoms with Gasteiger partial charge in [0.25, 0.3) is 0 Å². The first-order valence-corrected chi connectivity index (χ1v) is 2.85. The second-order valence-electron chi connectivity index (χ2n) is 1.92. The van der Waals surface area contributed by atoms with Crippen LogP contribution in [0.2, 0.25) is 0 Å². The molecule has 2 rings (SSSR count). The lowest BCUT2D eigenvalue weighted by Crippen LogP contribution is -1.63. The van der Waals surface area contributed by atoms with Crippen molar-refractivity contribution in [3.63, 3.8) is 0 Å². The summed E-state index contributed by atoms with van der Waals surface area (Å²) >= 11 is 0. The van der Waals surface area contributed by atoms with Crippen LogP contribution in [0.4, 0.5) is 0 Å². The Morgan fingerprint density at radius 3 is 2.42 bits per heavy atom. The maximum absolute atomic E-state index is 4.06. The molecule has 12 heavy (non-hydrogen) atoms. The number of H-pyrrole nitrogens is 1. The first kappa shape index (κ1) is 13.8. The highest BCUT2D eigenvalue weighted by Gasteiger charge is 1.88. The molecular weight excluding hydrogens is 199 g/mol. The maximum Gasteiger partial charge on any atom is 0.0931 e. The minimum atomic E-state index is 0. The summed E-state index contributed by atoms with van der Waals surface area (Å²) in [7, 11) is 0. The Morgan fingerprint density at radius 1 is 1.08 bits per heavy atom. The zero-order valence-corrected chi connectivity index (χ0v) is 7.78. The molecule has 5 heteroatoms. The Labute approximate surface area is 82.3 Å². The molecule has 1 aromatic carbocycles. The van der Waals surface area contributed by atoms with Crippen LogP contribution in [0.15, 0.2) is 30.6 Å². The summed E-state index contributed by atoms with van der Waals surface area (Å²) in [6.45, 7) is 0. The fourth-order valence-electron chi connectivity index (χ4n) is 0.880. The summed E-state index contributed by atoms with van der Waals surface area (Å²) in [4.78, 5) is 7.07. The number of rotatable bonds is 0. The van der Waals surface area contributed by atoms with Crippen LogP contribution in [-0.4, -0.2) is 15.4 Å². The van der Waals surface area contributed by atoms with Crippen LogP contribution in [0.1, 0.15) is 0 Å². The van der Waals surface area contributed by atoms with Crippen LogP contribution in [0.25, 0.3) is 11.0 Å². The van der Waals surface area contributed by atoms with E-state index in [1.165, 1.54) is 0 Å². The lowest BCUT2D eigenvalue weighted by atomic mass is 10.3. The minimum Gasteiger partial charge on any atom is -0.412 e. The highest BCUT2D eigenvalue weighted by Crippen LogP contribution is 2.05. The molecule has 0 amide bonds. The normalized spacial score (nSPS) is 7.67. The number of fused-ring (bicyclic) bond motifs is 1. The van der Waals surface area contributed by atoms with Crippen LogP contribution in [0, 0.1) is 0 Å². The van der Waals surface area contributed by atoms with Crippen LogP contribution in [0.5, 0.6) is 0 Å². The quantitative estimate of drug-likeness (QED) is 0.703. The summed E-state index contributed by atoms with van der Waals surface area (Å²) in [6, 6.07) is 7.94. The van der Waals surface area contributed by atoms with E-state index in [1.807, 2.05) is 24.3 Å². The van der Waals surface area contributed by atoms with E-state index in [-0.39, 0.29) is 30.3 Å². The van der Waals surface area contributed by atoms with Crippen molar-refractivity contribution in [2.24, 2.45) is 0 Å². The predicted molar refractivity (Wildman–Crippen MR) is 54.2 cm³/mol. The molecule has 0 aliphatic rings. The monoisotopic (exact) mass is 208 g/mol. The smallest absolute Gasteiger partial charge is 0.0931 e. The SMILES string of the molecule is Cl.Cl.O.c1ccc2[nH]cnc2c1. The number of aromatic nitrogens is 2. The van der Waals surface area contributed by atoms with Gasteiger partial charge in [0.05, 0.1) is 17.4 Å². The van der Waals surface area contributed by atoms with Crippen molar-refractivity contribution in [3.8, 4) is 0 Å². The number of imidazole rings is 1. The van der Waals surface area contributed by atoms with E-state index in [9.17, 15) is 0 Å². The number of hydrogen-bond acceptors (Lipinski definition) is 1. The Kier molecular flexibility index (Phi) is 6.70. The van der Waals surface area contributed by atoms with E-state index >= 15 is 0 Å². The third-order valence-corrected chi connectivity index (χ3v) is 1.33. The summed E-state index contributed by atoms with van der Waals surface area (Å²) in [5.41, 5.74) is 2.12. The average molecular weight is 209 g/mol. The molecule has 3 N–H and O–H groups in total. The summed E-state index contributed by atoms with van der Waals surface area (Å²) in [6.07, 6.45) is 1.70. The Bertz CT molecular complexity index is 293. The number of aromatic amines is 1. The van der Waals surface area contributed by atoms with Crippen molar-refractivity contribution in [3.05, 3.63) is 30.6 Å². The van der Waals surface area contributed by atoms with Crippen molar-refractivity contribution in [2.45, 2.75) is 0 Å². The van der Waals surface area contributed by atoms with E-state index in [0.717, 1.165) is 11.0 Å². The van der Waals surface area contributed by atoms with Gasteiger partial charge in [-0.15, -0.1) is 24.8 Å². The first-order chi connectivity index (χ1) is 4.47. The molecule has 0 spiro atoms. The second-order valence-corrected chi connectivity index (χ2v) is 1.92. The average Bonchev–Trinajstić information content (AvgIpc) is 2.33. The summed E-state index contributed by atoms with van der Waals surface area (Å²) in [5, 5.41) is 0. The summed E-state index contributed by atoms with van der Waals surface area (Å²) < 4.78 is 0. The van der Waals surface area contributed by atoms with Gasteiger partial charge in [-0.3, -0.25) is 0 Å². The third kappa shape index (κ3) is 2.37. The van der Waals surface area contributed by atoms with Crippen LogP contribution in [0.3, 0.4) is 0 Å². The van der Waals surface area contributed by atoms with Gasteiger partial charge in [0, 0.05) is 0 Å².